The summed E-state index contributed by atoms with van der Waals surface area (Å²) in [4.78, 5) is 39.4. The lowest BCUT2D eigenvalue weighted by Gasteiger charge is -2.31. The van der Waals surface area contributed by atoms with Gasteiger partial charge in [-0.1, -0.05) is 6.07 Å². The number of benzene rings is 1. The van der Waals surface area contributed by atoms with E-state index in [0.29, 0.717) is 31.9 Å². The van der Waals surface area contributed by atoms with E-state index >= 15 is 0 Å². The van der Waals surface area contributed by atoms with Gasteiger partial charge in [-0.05, 0) is 38.5 Å². The molecule has 170 valence electrons. The Morgan fingerprint density at radius 2 is 2.06 bits per heavy atom. The molecule has 0 bridgehead atoms. The second kappa shape index (κ2) is 6.93. The van der Waals surface area contributed by atoms with Crippen molar-refractivity contribution < 1.29 is 23.9 Å². The molecular formula is C22H27N5O5. The SMILES string of the molecule is Cn1nc(N2CCC(=O)NC2=O)c2ccc(C34CCN(C(=O)OC(C)(C)C)C[C@@H]3O4)cc21. The molecule has 1 unspecified atom stereocenters. The lowest BCUT2D eigenvalue weighted by molar-refractivity contribution is -0.120. The molecule has 3 saturated heterocycles. The number of anilines is 1. The number of epoxide rings is 1. The van der Waals surface area contributed by atoms with Crippen LogP contribution in [-0.2, 0) is 26.9 Å². The van der Waals surface area contributed by atoms with Crippen molar-refractivity contribution in [3.8, 4) is 0 Å². The van der Waals surface area contributed by atoms with Crippen LogP contribution in [0.15, 0.2) is 18.2 Å². The summed E-state index contributed by atoms with van der Waals surface area (Å²) in [5, 5.41) is 7.72. The van der Waals surface area contributed by atoms with Gasteiger partial charge in [-0.25, -0.2) is 9.59 Å². The van der Waals surface area contributed by atoms with Crippen LogP contribution in [0.1, 0.15) is 39.2 Å². The maximum Gasteiger partial charge on any atom is 0.410 e. The minimum atomic E-state index is -0.531. The number of amides is 4. The molecule has 3 aliphatic rings. The largest absolute Gasteiger partial charge is 0.444 e. The number of likely N-dealkylation sites (tertiary alicyclic amines) is 1. The average Bonchev–Trinajstić information content (AvgIpc) is 3.37. The molecule has 1 N–H and O–H groups in total. The fourth-order valence-electron chi connectivity index (χ4n) is 4.57. The number of ether oxygens (including phenoxy) is 2. The minimum Gasteiger partial charge on any atom is -0.444 e. The molecule has 3 fully saturated rings. The summed E-state index contributed by atoms with van der Waals surface area (Å²) in [5.74, 6) is 0.257. The number of aromatic nitrogens is 2. The Hall–Kier alpha value is -3.14. The van der Waals surface area contributed by atoms with Gasteiger partial charge in [-0.15, -0.1) is 0 Å². The number of carbonyl (C=O) groups is 3. The van der Waals surface area contributed by atoms with Crippen molar-refractivity contribution in [2.75, 3.05) is 24.5 Å². The van der Waals surface area contributed by atoms with E-state index in [1.165, 1.54) is 4.90 Å². The second-order valence-electron chi connectivity index (χ2n) is 9.61. The van der Waals surface area contributed by atoms with Gasteiger partial charge in [0.05, 0.1) is 12.1 Å². The van der Waals surface area contributed by atoms with Crippen LogP contribution >= 0.6 is 0 Å². The summed E-state index contributed by atoms with van der Waals surface area (Å²) < 4.78 is 13.3. The lowest BCUT2D eigenvalue weighted by atomic mass is 9.88. The van der Waals surface area contributed by atoms with E-state index in [1.54, 1.807) is 9.58 Å². The Morgan fingerprint density at radius 3 is 2.75 bits per heavy atom. The lowest BCUT2D eigenvalue weighted by Crippen LogP contribution is -2.49. The van der Waals surface area contributed by atoms with Gasteiger partial charge in [0.25, 0.3) is 0 Å². The summed E-state index contributed by atoms with van der Waals surface area (Å²) in [5.41, 5.74) is 0.968. The summed E-state index contributed by atoms with van der Waals surface area (Å²) in [7, 11) is 1.83. The molecule has 0 radical (unpaired) electrons. The zero-order chi connectivity index (χ0) is 22.8. The van der Waals surface area contributed by atoms with Crippen LogP contribution in [0, 0.1) is 0 Å². The van der Waals surface area contributed by atoms with Crippen LogP contribution < -0.4 is 10.2 Å². The number of imide groups is 1. The van der Waals surface area contributed by atoms with Crippen molar-refractivity contribution in [3.05, 3.63) is 23.8 Å². The van der Waals surface area contributed by atoms with Crippen LogP contribution in [0.5, 0.6) is 0 Å². The van der Waals surface area contributed by atoms with Crippen molar-refractivity contribution in [3.63, 3.8) is 0 Å². The number of nitrogens with zero attached hydrogens (tertiary/aromatic N) is 4. The maximum absolute atomic E-state index is 12.4. The van der Waals surface area contributed by atoms with Gasteiger partial charge in [0.15, 0.2) is 5.82 Å². The van der Waals surface area contributed by atoms with Gasteiger partial charge < -0.3 is 14.4 Å². The van der Waals surface area contributed by atoms with Gasteiger partial charge >= 0.3 is 12.1 Å². The topological polar surface area (TPSA) is 109 Å². The summed E-state index contributed by atoms with van der Waals surface area (Å²) in [6.45, 7) is 6.92. The molecule has 4 amide bonds. The monoisotopic (exact) mass is 441 g/mol. The smallest absolute Gasteiger partial charge is 0.410 e. The highest BCUT2D eigenvalue weighted by molar-refractivity contribution is 6.08. The molecule has 0 spiro atoms. The Balaban J connectivity index is 1.37. The van der Waals surface area contributed by atoms with Crippen LogP contribution in [0.3, 0.4) is 0 Å². The van der Waals surface area contributed by atoms with Gasteiger partial charge in [-0.3, -0.25) is 19.7 Å². The van der Waals surface area contributed by atoms with Gasteiger partial charge in [-0.2, -0.15) is 5.10 Å². The quantitative estimate of drug-likeness (QED) is 0.716. The number of carbonyl (C=O) groups excluding carboxylic acids is 3. The molecule has 2 aromatic rings. The van der Waals surface area contributed by atoms with Crippen molar-refractivity contribution in [1.82, 2.24) is 20.0 Å². The molecule has 1 aromatic heterocycles. The molecule has 3 aliphatic heterocycles. The zero-order valence-corrected chi connectivity index (χ0v) is 18.7. The molecule has 0 saturated carbocycles. The summed E-state index contributed by atoms with van der Waals surface area (Å²) >= 11 is 0. The van der Waals surface area contributed by atoms with E-state index < -0.39 is 17.2 Å². The number of urea groups is 1. The van der Waals surface area contributed by atoms with Crippen molar-refractivity contribution in [2.45, 2.75) is 50.9 Å². The highest BCUT2D eigenvalue weighted by atomic mass is 16.6. The van der Waals surface area contributed by atoms with Crippen LogP contribution in [0.4, 0.5) is 15.4 Å². The number of aryl methyl sites for hydroxylation is 1. The fraction of sp³-hybridized carbons (Fsp3) is 0.545. The first-order valence-electron chi connectivity index (χ1n) is 10.8. The number of nitrogens with one attached hydrogen (secondary N) is 1. The number of piperidine rings is 1. The molecule has 10 heteroatoms. The minimum absolute atomic E-state index is 0.0761. The molecule has 10 nitrogen and oxygen atoms in total. The van der Waals surface area contributed by atoms with Gasteiger partial charge in [0, 0.05) is 38.4 Å². The van der Waals surface area contributed by atoms with Crippen molar-refractivity contribution in [2.24, 2.45) is 7.05 Å². The molecule has 2 atom stereocenters. The van der Waals surface area contributed by atoms with Crippen molar-refractivity contribution in [1.29, 1.82) is 0 Å². The summed E-state index contributed by atoms with van der Waals surface area (Å²) in [6, 6.07) is 5.54. The molecule has 1 aromatic carbocycles. The predicted octanol–water partition coefficient (Wildman–Crippen LogP) is 2.25. The van der Waals surface area contributed by atoms with Crippen LogP contribution in [-0.4, -0.2) is 64.1 Å². The number of hydrogen-bond donors (Lipinski definition) is 1. The summed E-state index contributed by atoms with van der Waals surface area (Å²) in [6.07, 6.45) is 0.540. The van der Waals surface area contributed by atoms with E-state index in [9.17, 15) is 14.4 Å². The number of fused-ring (bicyclic) bond motifs is 2. The predicted molar refractivity (Wildman–Crippen MR) is 115 cm³/mol. The average molecular weight is 441 g/mol. The fourth-order valence-corrected chi connectivity index (χ4v) is 4.57. The Labute approximate surface area is 185 Å². The third kappa shape index (κ3) is 3.38. The Kier molecular flexibility index (Phi) is 4.49. The second-order valence-corrected chi connectivity index (χ2v) is 9.61. The first kappa shape index (κ1) is 20.7. The van der Waals surface area contributed by atoms with Gasteiger partial charge in [0.1, 0.15) is 17.3 Å². The van der Waals surface area contributed by atoms with E-state index in [-0.39, 0.29) is 24.5 Å². The first-order valence-corrected chi connectivity index (χ1v) is 10.8. The van der Waals surface area contributed by atoms with Crippen molar-refractivity contribution >= 4 is 34.8 Å². The molecule has 0 aliphatic carbocycles. The third-order valence-corrected chi connectivity index (χ3v) is 6.24. The van der Waals surface area contributed by atoms with Gasteiger partial charge in [0.2, 0.25) is 5.91 Å². The highest BCUT2D eigenvalue weighted by Gasteiger charge is 2.61. The molecule has 32 heavy (non-hydrogen) atoms. The third-order valence-electron chi connectivity index (χ3n) is 6.24. The standard InChI is InChI=1S/C22H27N5O5/c1-21(2,3)32-20(30)26-10-8-22(16(12-26)31-22)13-5-6-14-15(11-13)25(4)24-18(14)27-9-7-17(28)23-19(27)29/h5-6,11,16H,7-10,12H2,1-4H3,(H,23,28,29)/t16-,22?/m0/s1. The number of rotatable bonds is 2. The zero-order valence-electron chi connectivity index (χ0n) is 18.7. The normalized spacial score (nSPS) is 25.6. The van der Waals surface area contributed by atoms with E-state index in [2.05, 4.69) is 10.4 Å². The Morgan fingerprint density at radius 1 is 1.28 bits per heavy atom. The molecular weight excluding hydrogens is 414 g/mol. The molecule has 5 rings (SSSR count). The highest BCUT2D eigenvalue weighted by Crippen LogP contribution is 2.52. The van der Waals surface area contributed by atoms with E-state index in [4.69, 9.17) is 9.47 Å². The molecule has 4 heterocycles. The maximum atomic E-state index is 12.4. The first-order chi connectivity index (χ1) is 15.1. The van der Waals surface area contributed by atoms with E-state index in [1.807, 2.05) is 46.0 Å². The van der Waals surface area contributed by atoms with Crippen LogP contribution in [0.2, 0.25) is 0 Å². The van der Waals surface area contributed by atoms with Crippen LogP contribution in [0.25, 0.3) is 10.9 Å². The van der Waals surface area contributed by atoms with E-state index in [0.717, 1.165) is 16.5 Å². The number of hydrogen-bond acceptors (Lipinski definition) is 6. The Bertz CT molecular complexity index is 1140.